The summed E-state index contributed by atoms with van der Waals surface area (Å²) in [7, 11) is 0. The number of halogens is 24. The zero-order valence-electron chi connectivity index (χ0n) is 47.2. The van der Waals surface area contributed by atoms with Gasteiger partial charge in [-0.1, -0.05) is 115 Å². The van der Waals surface area contributed by atoms with Crippen LogP contribution in [0.1, 0.15) is 158 Å². The lowest BCUT2D eigenvalue weighted by Gasteiger charge is -2.27. The minimum absolute atomic E-state index is 0.0584. The molecular formula is C53H72F24NO4+. The maximum atomic E-state index is 13.2. The number of esters is 2. The third kappa shape index (κ3) is 20.7. The Morgan fingerprint density at radius 1 is 0.561 bits per heavy atom. The van der Waals surface area contributed by atoms with Crippen LogP contribution in [0.5, 0.6) is 0 Å². The molecule has 1 aromatic heterocycles. The molecule has 1 aliphatic carbocycles. The van der Waals surface area contributed by atoms with E-state index < -0.39 is 121 Å². The first-order valence-corrected chi connectivity index (χ1v) is 25.5. The summed E-state index contributed by atoms with van der Waals surface area (Å²) < 4.78 is 307. The van der Waals surface area contributed by atoms with Crippen molar-refractivity contribution in [3.8, 4) is 0 Å². The van der Waals surface area contributed by atoms with E-state index >= 15 is 0 Å². The molecular weight excluding hydrogens is 1170 g/mol. The number of rotatable bonds is 21. The number of pyridine rings is 1. The lowest BCUT2D eigenvalue weighted by atomic mass is 9.87. The molecule has 1 fully saturated rings. The van der Waals surface area contributed by atoms with E-state index in [1.165, 1.54) is 37.0 Å². The molecule has 29 heteroatoms. The Kier molecular flexibility index (Phi) is 29.3. The van der Waals surface area contributed by atoms with Crippen LogP contribution in [0.4, 0.5) is 105 Å². The monoisotopic (exact) mass is 1240 g/mol. The Bertz CT molecular complexity index is 2210. The van der Waals surface area contributed by atoms with Crippen LogP contribution >= 0.6 is 0 Å². The molecule has 0 N–H and O–H groups in total. The number of aromatic nitrogens is 1. The van der Waals surface area contributed by atoms with E-state index in [9.17, 15) is 115 Å². The zero-order valence-corrected chi connectivity index (χ0v) is 47.2. The third-order valence-electron chi connectivity index (χ3n) is 14.6. The van der Waals surface area contributed by atoms with Crippen molar-refractivity contribution in [1.82, 2.24) is 0 Å². The molecule has 0 spiro atoms. The highest BCUT2D eigenvalue weighted by Crippen LogP contribution is 2.67. The van der Waals surface area contributed by atoms with Crippen LogP contribution in [-0.2, 0) is 25.6 Å². The second-order valence-corrected chi connectivity index (χ2v) is 20.8. The number of alkyl halides is 23. The topological polar surface area (TPSA) is 56.5 Å². The van der Waals surface area contributed by atoms with Gasteiger partial charge in [0.25, 0.3) is 5.92 Å². The minimum Gasteiger partial charge on any atom is -0.461 e. The first-order valence-electron chi connectivity index (χ1n) is 25.5. The Hall–Kier alpha value is -4.37. The van der Waals surface area contributed by atoms with Crippen LogP contribution in [-0.4, -0.2) is 85.1 Å². The number of hydrogen-bond acceptors (Lipinski definition) is 4. The molecule has 6 unspecified atom stereocenters. The normalized spacial score (nSPS) is 18.5. The first-order chi connectivity index (χ1) is 36.6. The predicted octanol–water partition coefficient (Wildman–Crippen LogP) is 19.0. The largest absolute Gasteiger partial charge is 0.461 e. The van der Waals surface area contributed by atoms with Gasteiger partial charge in [0, 0.05) is 23.5 Å². The Balaban J connectivity index is 0. The molecule has 0 radical (unpaired) electrons. The second kappa shape index (κ2) is 30.1. The van der Waals surface area contributed by atoms with E-state index in [0.29, 0.717) is 25.2 Å². The van der Waals surface area contributed by atoms with E-state index in [0.717, 1.165) is 23.0 Å². The van der Waals surface area contributed by atoms with Crippen molar-refractivity contribution >= 4 is 11.9 Å². The van der Waals surface area contributed by atoms with Crippen LogP contribution in [0.25, 0.3) is 0 Å². The van der Waals surface area contributed by atoms with Gasteiger partial charge >= 0.3 is 66.0 Å². The average Bonchev–Trinajstić information content (AvgIpc) is 3.78. The lowest BCUT2D eigenvalue weighted by molar-refractivity contribution is -0.700. The molecule has 0 amide bonds. The van der Waals surface area contributed by atoms with Crippen LogP contribution in [0.3, 0.4) is 0 Å². The van der Waals surface area contributed by atoms with Gasteiger partial charge in [0.05, 0.1) is 19.6 Å². The molecule has 2 aromatic rings. The molecule has 0 bridgehead atoms. The highest BCUT2D eigenvalue weighted by Gasteiger charge is 2.79. The maximum Gasteiger partial charge on any atom is 0.460 e. The summed E-state index contributed by atoms with van der Waals surface area (Å²) in [6.45, 7) is 21.4. The minimum atomic E-state index is -6.54. The number of hydrogen-bond donors (Lipinski definition) is 0. The maximum absolute atomic E-state index is 13.2. The van der Waals surface area contributed by atoms with E-state index in [1.807, 2.05) is 32.9 Å². The third-order valence-corrected chi connectivity index (χ3v) is 14.6. The van der Waals surface area contributed by atoms with Crippen LogP contribution in [0.15, 0.2) is 48.8 Å². The molecule has 1 saturated carbocycles. The predicted molar refractivity (Wildman–Crippen MR) is 255 cm³/mol. The fourth-order valence-corrected chi connectivity index (χ4v) is 6.35. The van der Waals surface area contributed by atoms with Gasteiger partial charge in [-0.05, 0) is 78.0 Å². The summed E-state index contributed by atoms with van der Waals surface area (Å²) in [6, 6.07) is 10.00. The smallest absolute Gasteiger partial charge is 0.460 e. The molecule has 0 saturated heterocycles. The first kappa shape index (κ1) is 79.7. The second-order valence-electron chi connectivity index (χ2n) is 20.8. The number of carbonyl (C=O) groups excluding carboxylic acids is 2. The molecule has 3 rings (SSSR count). The summed E-state index contributed by atoms with van der Waals surface area (Å²) in [5.41, 5.74) is 1.05. The summed E-state index contributed by atoms with van der Waals surface area (Å²) in [5, 5.41) is 0. The summed E-state index contributed by atoms with van der Waals surface area (Å²) in [6.07, 6.45) is -14.4. The van der Waals surface area contributed by atoms with E-state index in [2.05, 4.69) is 23.3 Å². The van der Waals surface area contributed by atoms with Crippen LogP contribution in [0, 0.1) is 34.4 Å². The van der Waals surface area contributed by atoms with E-state index in [1.54, 1.807) is 60.6 Å². The lowest BCUT2D eigenvalue weighted by Crippen LogP contribution is -2.56. The van der Waals surface area contributed by atoms with Crippen molar-refractivity contribution in [2.75, 3.05) is 13.2 Å². The van der Waals surface area contributed by atoms with Crippen molar-refractivity contribution in [1.29, 1.82) is 0 Å². The highest BCUT2D eigenvalue weighted by atomic mass is 19.4. The van der Waals surface area contributed by atoms with E-state index in [4.69, 9.17) is 0 Å². The molecule has 0 aliphatic heterocycles. The Labute approximate surface area is 461 Å². The molecule has 1 aromatic carbocycles. The SMILES string of the molecule is CCC(C)(C)CCOC(=O)C(F)(F)C(F)(F)C(F)(F)F.CCC(C)C(C)COC(=O)C(F)(F)C(F)(F)C(F)(F)F.CCC(C)c1cc[n+](CCC(F)(F)C(F)(F)C(F)(F)F)cc1.CCC(C)c1ccc(F)cc1.CCC1(C)C(C)C1(F)F. The zero-order chi connectivity index (χ0) is 65.5. The van der Waals surface area contributed by atoms with Crippen molar-refractivity contribution < 1.29 is 129 Å². The van der Waals surface area contributed by atoms with Crippen molar-refractivity contribution in [3.05, 3.63) is 65.7 Å². The van der Waals surface area contributed by atoms with Crippen LogP contribution in [0.2, 0.25) is 0 Å². The van der Waals surface area contributed by atoms with Gasteiger partial charge in [-0.25, -0.2) is 27.3 Å². The summed E-state index contributed by atoms with van der Waals surface area (Å²) in [4.78, 5) is 21.6. The Morgan fingerprint density at radius 2 is 0.927 bits per heavy atom. The Morgan fingerprint density at radius 3 is 1.23 bits per heavy atom. The number of benzene rings is 1. The van der Waals surface area contributed by atoms with Gasteiger partial charge < -0.3 is 9.47 Å². The number of aryl methyl sites for hydroxylation is 1. The van der Waals surface area contributed by atoms with Gasteiger partial charge in [-0.3, -0.25) is 0 Å². The molecule has 480 valence electrons. The van der Waals surface area contributed by atoms with Crippen molar-refractivity contribution in [3.63, 3.8) is 0 Å². The molecule has 82 heavy (non-hydrogen) atoms. The molecule has 5 nitrogen and oxygen atoms in total. The van der Waals surface area contributed by atoms with E-state index in [-0.39, 0.29) is 24.1 Å². The number of carbonyl (C=O) groups is 2. The van der Waals surface area contributed by atoms with Crippen molar-refractivity contribution in [2.24, 2.45) is 28.6 Å². The van der Waals surface area contributed by atoms with Gasteiger partial charge in [-0.2, -0.15) is 92.2 Å². The summed E-state index contributed by atoms with van der Waals surface area (Å²) >= 11 is 0. The fourth-order valence-electron chi connectivity index (χ4n) is 6.35. The van der Waals surface area contributed by atoms with Gasteiger partial charge in [-0.15, -0.1) is 0 Å². The van der Waals surface area contributed by atoms with Gasteiger partial charge in [0.2, 0.25) is 0 Å². The molecule has 1 aliphatic rings. The fraction of sp³-hybridized carbons (Fsp3) is 0.755. The number of ether oxygens (including phenoxy) is 2. The van der Waals surface area contributed by atoms with Gasteiger partial charge in [0.1, 0.15) is 5.82 Å². The van der Waals surface area contributed by atoms with Crippen molar-refractivity contribution in [2.45, 2.75) is 213 Å². The van der Waals surface area contributed by atoms with Crippen LogP contribution < -0.4 is 4.57 Å². The quantitative estimate of drug-likeness (QED) is 0.0710. The number of nitrogens with zero attached hydrogens (tertiary/aromatic N) is 1. The molecule has 1 heterocycles. The summed E-state index contributed by atoms with van der Waals surface area (Å²) in [5.74, 6) is -44.5. The molecule has 6 atom stereocenters. The van der Waals surface area contributed by atoms with Gasteiger partial charge in [0.15, 0.2) is 18.9 Å². The highest BCUT2D eigenvalue weighted by molar-refractivity contribution is 5.79. The standard InChI is InChI=1S/C14H17F7N.2C11H15F7O2.C10H13F.C7H12F2/c1-3-10(2)11-4-7-22(8-5-11)9-6-12(15,16)13(17,18)14(19,20)21;1-4-8(2,3)5-6-20-7(19)9(12,13)10(14,15)11(16,17)18;1-4-6(2)7(3)5-20-8(19)9(12,13)10(14,15)11(16,17)18;1-3-8(2)9-4-6-10(11)7-5-9;1-4-6(3)5(2)7(6,8)9/h4-5,7-8,10H,3,6,9H2,1-2H3;4-6H2,1-3H3;6-7H,4-5H2,1-3H3;4-8H,3H2,1-2H3;5H,4H2,1-3H3/q+1;;;;. The average molecular weight is 1240 g/mol.